The summed E-state index contributed by atoms with van der Waals surface area (Å²) in [6.45, 7) is 1.94. The normalized spacial score (nSPS) is 19.2. The average Bonchev–Trinajstić information content (AvgIpc) is 2.70. The number of rotatable bonds is 2. The van der Waals surface area contributed by atoms with Gasteiger partial charge in [-0.2, -0.15) is 4.39 Å². The van der Waals surface area contributed by atoms with Crippen LogP contribution in [0.3, 0.4) is 0 Å². The summed E-state index contributed by atoms with van der Waals surface area (Å²) in [7, 11) is 1.29. The highest BCUT2D eigenvalue weighted by atomic mass is 19.1. The molecule has 0 spiro atoms. The molecule has 18 heavy (non-hydrogen) atoms. The van der Waals surface area contributed by atoms with Gasteiger partial charge in [-0.3, -0.25) is 9.59 Å². The van der Waals surface area contributed by atoms with Gasteiger partial charge in [0.2, 0.25) is 11.9 Å². The van der Waals surface area contributed by atoms with E-state index in [0.29, 0.717) is 11.3 Å². The Morgan fingerprint density at radius 3 is 2.94 bits per heavy atom. The van der Waals surface area contributed by atoms with Crippen molar-refractivity contribution in [2.45, 2.75) is 13.3 Å². The van der Waals surface area contributed by atoms with Gasteiger partial charge >= 0.3 is 5.97 Å². The molecular formula is C12H13FN2O3. The van der Waals surface area contributed by atoms with E-state index in [9.17, 15) is 14.0 Å². The van der Waals surface area contributed by atoms with E-state index >= 15 is 0 Å². The largest absolute Gasteiger partial charge is 0.469 e. The highest BCUT2D eigenvalue weighted by Gasteiger charge is 2.36. The summed E-state index contributed by atoms with van der Waals surface area (Å²) < 4.78 is 17.5. The molecule has 0 N–H and O–H groups in total. The maximum atomic E-state index is 12.9. The Morgan fingerprint density at radius 2 is 2.33 bits per heavy atom. The second-order valence-corrected chi connectivity index (χ2v) is 4.22. The van der Waals surface area contributed by atoms with Crippen molar-refractivity contribution in [1.29, 1.82) is 0 Å². The highest BCUT2D eigenvalue weighted by Crippen LogP contribution is 2.27. The fraction of sp³-hybridized carbons (Fsp3) is 0.417. The van der Waals surface area contributed by atoms with Crippen molar-refractivity contribution in [3.05, 3.63) is 23.8 Å². The SMILES string of the molecule is COC(=O)C1CC(=O)N(c2cnc(F)cc2C)C1. The van der Waals surface area contributed by atoms with Gasteiger partial charge in [0.1, 0.15) is 0 Å². The standard InChI is InChI=1S/C12H13FN2O3/c1-7-3-10(13)14-5-9(7)15-6-8(4-11(15)16)12(17)18-2/h3,5,8H,4,6H2,1-2H3. The number of anilines is 1. The zero-order valence-electron chi connectivity index (χ0n) is 10.1. The van der Waals surface area contributed by atoms with Crippen LogP contribution in [0.5, 0.6) is 0 Å². The number of nitrogens with zero attached hydrogens (tertiary/aromatic N) is 2. The first-order chi connectivity index (χ1) is 8.52. The molecule has 0 aromatic carbocycles. The second-order valence-electron chi connectivity index (χ2n) is 4.22. The van der Waals surface area contributed by atoms with E-state index in [0.717, 1.165) is 0 Å². The van der Waals surface area contributed by atoms with Gasteiger partial charge in [0.25, 0.3) is 0 Å². The Morgan fingerprint density at radius 1 is 1.61 bits per heavy atom. The third-order valence-corrected chi connectivity index (χ3v) is 3.00. The van der Waals surface area contributed by atoms with Gasteiger partial charge in [-0.25, -0.2) is 4.98 Å². The molecule has 1 atom stereocenters. The molecule has 1 aliphatic rings. The minimum Gasteiger partial charge on any atom is -0.469 e. The number of hydrogen-bond acceptors (Lipinski definition) is 4. The van der Waals surface area contributed by atoms with Gasteiger partial charge < -0.3 is 9.64 Å². The Labute approximate surface area is 104 Å². The van der Waals surface area contributed by atoms with E-state index in [1.54, 1.807) is 6.92 Å². The molecule has 0 saturated carbocycles. The monoisotopic (exact) mass is 252 g/mol. The quantitative estimate of drug-likeness (QED) is 0.583. The molecule has 1 unspecified atom stereocenters. The van der Waals surface area contributed by atoms with Gasteiger partial charge in [0, 0.05) is 13.0 Å². The molecule has 1 saturated heterocycles. The number of ether oxygens (including phenoxy) is 1. The number of halogens is 1. The molecule has 5 nitrogen and oxygen atoms in total. The summed E-state index contributed by atoms with van der Waals surface area (Å²) in [4.78, 5) is 28.2. The number of esters is 1. The predicted octanol–water partition coefficient (Wildman–Crippen LogP) is 1.06. The van der Waals surface area contributed by atoms with Crippen molar-refractivity contribution < 1.29 is 18.7 Å². The summed E-state index contributed by atoms with van der Waals surface area (Å²) in [6, 6.07) is 1.26. The first-order valence-electron chi connectivity index (χ1n) is 5.53. The van der Waals surface area contributed by atoms with E-state index in [1.807, 2.05) is 0 Å². The van der Waals surface area contributed by atoms with E-state index in [2.05, 4.69) is 9.72 Å². The zero-order chi connectivity index (χ0) is 13.3. The molecule has 1 aromatic heterocycles. The number of carbonyl (C=O) groups excluding carboxylic acids is 2. The van der Waals surface area contributed by atoms with Crippen LogP contribution in [0.25, 0.3) is 0 Å². The number of aromatic nitrogens is 1. The molecule has 0 radical (unpaired) electrons. The van der Waals surface area contributed by atoms with E-state index in [1.165, 1.54) is 24.3 Å². The minimum absolute atomic E-state index is 0.115. The molecular weight excluding hydrogens is 239 g/mol. The van der Waals surface area contributed by atoms with Crippen molar-refractivity contribution in [2.24, 2.45) is 5.92 Å². The number of aryl methyl sites for hydroxylation is 1. The van der Waals surface area contributed by atoms with Crippen molar-refractivity contribution in [1.82, 2.24) is 4.98 Å². The maximum absolute atomic E-state index is 12.9. The van der Waals surface area contributed by atoms with Crippen LogP contribution in [0.2, 0.25) is 0 Å². The number of amides is 1. The lowest BCUT2D eigenvalue weighted by atomic mass is 10.1. The van der Waals surface area contributed by atoms with E-state index in [-0.39, 0.29) is 18.9 Å². The third kappa shape index (κ3) is 2.18. The van der Waals surface area contributed by atoms with Crippen LogP contribution < -0.4 is 4.90 Å². The molecule has 1 aliphatic heterocycles. The third-order valence-electron chi connectivity index (χ3n) is 3.00. The van der Waals surface area contributed by atoms with Crippen LogP contribution in [-0.2, 0) is 14.3 Å². The minimum atomic E-state index is -0.590. The first kappa shape index (κ1) is 12.5. The molecule has 96 valence electrons. The molecule has 0 aliphatic carbocycles. The fourth-order valence-corrected chi connectivity index (χ4v) is 2.06. The fourth-order valence-electron chi connectivity index (χ4n) is 2.06. The Bertz CT molecular complexity index is 504. The van der Waals surface area contributed by atoms with Gasteiger partial charge in [-0.1, -0.05) is 0 Å². The van der Waals surface area contributed by atoms with Crippen LogP contribution >= 0.6 is 0 Å². The van der Waals surface area contributed by atoms with Crippen molar-refractivity contribution in [3.8, 4) is 0 Å². The van der Waals surface area contributed by atoms with Gasteiger partial charge in [-0.05, 0) is 18.6 Å². The summed E-state index contributed by atoms with van der Waals surface area (Å²) in [5, 5.41) is 0. The molecule has 6 heteroatoms. The molecule has 0 bridgehead atoms. The van der Waals surface area contributed by atoms with Crippen LogP contribution in [0, 0.1) is 18.8 Å². The predicted molar refractivity (Wildman–Crippen MR) is 61.4 cm³/mol. The second kappa shape index (κ2) is 4.72. The Hall–Kier alpha value is -1.98. The zero-order valence-corrected chi connectivity index (χ0v) is 10.1. The molecule has 1 fully saturated rings. The topological polar surface area (TPSA) is 59.5 Å². The van der Waals surface area contributed by atoms with Crippen LogP contribution in [0.15, 0.2) is 12.3 Å². The van der Waals surface area contributed by atoms with Crippen molar-refractivity contribution in [3.63, 3.8) is 0 Å². The smallest absolute Gasteiger partial charge is 0.311 e. The number of hydrogen-bond donors (Lipinski definition) is 0. The van der Waals surface area contributed by atoms with Crippen molar-refractivity contribution >= 4 is 17.6 Å². The van der Waals surface area contributed by atoms with Crippen LogP contribution in [0.1, 0.15) is 12.0 Å². The number of carbonyl (C=O) groups is 2. The summed E-state index contributed by atoms with van der Waals surface area (Å²) in [5.74, 6) is -1.64. The molecule has 2 heterocycles. The molecule has 2 rings (SSSR count). The van der Waals surface area contributed by atoms with Gasteiger partial charge in [0.15, 0.2) is 0 Å². The summed E-state index contributed by atoms with van der Waals surface area (Å²) >= 11 is 0. The number of methoxy groups -OCH3 is 1. The van der Waals surface area contributed by atoms with E-state index in [4.69, 9.17) is 0 Å². The maximum Gasteiger partial charge on any atom is 0.311 e. The summed E-state index contributed by atoms with van der Waals surface area (Å²) in [5.41, 5.74) is 1.15. The highest BCUT2D eigenvalue weighted by molar-refractivity contribution is 5.99. The van der Waals surface area contributed by atoms with Crippen LogP contribution in [0.4, 0.5) is 10.1 Å². The van der Waals surface area contributed by atoms with Gasteiger partial charge in [0.05, 0.1) is 24.9 Å². The number of pyridine rings is 1. The first-order valence-corrected chi connectivity index (χ1v) is 5.53. The van der Waals surface area contributed by atoms with Crippen LogP contribution in [-0.4, -0.2) is 30.5 Å². The molecule has 1 aromatic rings. The lowest BCUT2D eigenvalue weighted by Crippen LogP contribution is -2.27. The lowest BCUT2D eigenvalue weighted by molar-refractivity contribution is -0.145. The van der Waals surface area contributed by atoms with Crippen molar-refractivity contribution in [2.75, 3.05) is 18.6 Å². The molecule has 1 amide bonds. The Balaban J connectivity index is 2.24. The Kier molecular flexibility index (Phi) is 3.27. The lowest BCUT2D eigenvalue weighted by Gasteiger charge is -2.18. The summed E-state index contributed by atoms with van der Waals surface area (Å²) in [6.07, 6.45) is 1.42. The van der Waals surface area contributed by atoms with Gasteiger partial charge in [-0.15, -0.1) is 0 Å². The average molecular weight is 252 g/mol. The van der Waals surface area contributed by atoms with E-state index < -0.39 is 17.8 Å².